The summed E-state index contributed by atoms with van der Waals surface area (Å²) in [6, 6.07) is 10.7. The van der Waals surface area contributed by atoms with Crippen molar-refractivity contribution in [2.75, 3.05) is 37.6 Å². The lowest BCUT2D eigenvalue weighted by Crippen LogP contribution is -2.34. The molecule has 0 amide bonds. The SMILES string of the molecule is Cc1ccc(C(c2ccc3c(c2C)NN(C)N3C)C(C)(C)C(=O)O)cc1Cn1ccnc1CN1CCCCC1. The maximum Gasteiger partial charge on any atom is 0.310 e. The van der Waals surface area contributed by atoms with Crippen molar-refractivity contribution in [2.24, 2.45) is 5.41 Å². The number of benzene rings is 2. The van der Waals surface area contributed by atoms with Crippen LogP contribution in [0.3, 0.4) is 0 Å². The predicted octanol–water partition coefficient (Wildman–Crippen LogP) is 5.40. The van der Waals surface area contributed by atoms with Crippen molar-refractivity contribution in [1.82, 2.24) is 19.6 Å². The number of anilines is 2. The van der Waals surface area contributed by atoms with Gasteiger partial charge in [-0.2, -0.15) is 0 Å². The molecule has 2 aromatic carbocycles. The molecule has 1 unspecified atom stereocenters. The lowest BCUT2D eigenvalue weighted by atomic mass is 9.69. The molecule has 2 aliphatic rings. The number of piperidine rings is 1. The van der Waals surface area contributed by atoms with Crippen LogP contribution in [0.4, 0.5) is 11.4 Å². The number of fused-ring (bicyclic) bond motifs is 1. The first-order valence-electron chi connectivity index (χ1n) is 14.0. The molecule has 1 aromatic heterocycles. The van der Waals surface area contributed by atoms with Gasteiger partial charge in [-0.3, -0.25) is 20.1 Å². The Hall–Kier alpha value is -3.36. The van der Waals surface area contributed by atoms with Gasteiger partial charge in [0.05, 0.1) is 23.3 Å². The molecule has 0 aliphatic carbocycles. The molecule has 8 nitrogen and oxygen atoms in total. The molecule has 2 aliphatic heterocycles. The normalized spacial score (nSPS) is 17.2. The number of aryl methyl sites for hydroxylation is 1. The maximum absolute atomic E-state index is 12.7. The smallest absolute Gasteiger partial charge is 0.310 e. The van der Waals surface area contributed by atoms with Gasteiger partial charge in [-0.1, -0.05) is 30.7 Å². The van der Waals surface area contributed by atoms with Crippen LogP contribution in [0, 0.1) is 19.3 Å². The fourth-order valence-corrected chi connectivity index (χ4v) is 6.12. The number of rotatable bonds is 8. The molecule has 2 N–H and O–H groups in total. The summed E-state index contributed by atoms with van der Waals surface area (Å²) in [5.41, 5.74) is 10.0. The highest BCUT2D eigenvalue weighted by Crippen LogP contribution is 2.47. The Morgan fingerprint density at radius 2 is 1.82 bits per heavy atom. The van der Waals surface area contributed by atoms with Gasteiger partial charge < -0.3 is 9.67 Å². The number of carboxylic acids is 1. The highest BCUT2D eigenvalue weighted by Gasteiger charge is 2.41. The zero-order valence-electron chi connectivity index (χ0n) is 24.2. The fourth-order valence-electron chi connectivity index (χ4n) is 6.12. The van der Waals surface area contributed by atoms with Crippen LogP contribution in [0.15, 0.2) is 42.7 Å². The summed E-state index contributed by atoms with van der Waals surface area (Å²) in [5.74, 6) is -0.0543. The molecule has 3 heterocycles. The van der Waals surface area contributed by atoms with Gasteiger partial charge in [0.15, 0.2) is 0 Å². The monoisotopic (exact) mass is 530 g/mol. The Morgan fingerprint density at radius 3 is 2.54 bits per heavy atom. The van der Waals surface area contributed by atoms with Crippen molar-refractivity contribution in [2.45, 2.75) is 66.0 Å². The van der Waals surface area contributed by atoms with E-state index in [4.69, 9.17) is 0 Å². The van der Waals surface area contributed by atoms with E-state index in [1.165, 1.54) is 30.4 Å². The van der Waals surface area contributed by atoms with Crippen molar-refractivity contribution in [3.05, 3.63) is 76.4 Å². The minimum atomic E-state index is -1.02. The van der Waals surface area contributed by atoms with Crippen molar-refractivity contribution < 1.29 is 9.90 Å². The van der Waals surface area contributed by atoms with Crippen LogP contribution in [0.25, 0.3) is 0 Å². The Balaban J connectivity index is 1.52. The molecular formula is C31H42N6O2. The topological polar surface area (TPSA) is 76.9 Å². The number of imidazole rings is 1. The molecular weight excluding hydrogens is 488 g/mol. The highest BCUT2D eigenvalue weighted by atomic mass is 16.4. The number of aliphatic carboxylic acids is 1. The van der Waals surface area contributed by atoms with Crippen molar-refractivity contribution in [3.63, 3.8) is 0 Å². The zero-order valence-corrected chi connectivity index (χ0v) is 24.2. The van der Waals surface area contributed by atoms with Crippen molar-refractivity contribution in [3.8, 4) is 0 Å². The molecule has 208 valence electrons. The summed E-state index contributed by atoms with van der Waals surface area (Å²) < 4.78 is 2.24. The van der Waals surface area contributed by atoms with E-state index in [-0.39, 0.29) is 5.92 Å². The average Bonchev–Trinajstić information content (AvgIpc) is 3.46. The second-order valence-corrected chi connectivity index (χ2v) is 11.8. The largest absolute Gasteiger partial charge is 0.481 e. The van der Waals surface area contributed by atoms with Crippen LogP contribution >= 0.6 is 0 Å². The molecule has 0 bridgehead atoms. The van der Waals surface area contributed by atoms with Crippen LogP contribution in [0.1, 0.15) is 72.7 Å². The average molecular weight is 531 g/mol. The van der Waals surface area contributed by atoms with Crippen LogP contribution in [-0.2, 0) is 17.9 Å². The van der Waals surface area contributed by atoms with Gasteiger partial charge in [0.2, 0.25) is 0 Å². The summed E-state index contributed by atoms with van der Waals surface area (Å²) in [6.45, 7) is 11.7. The van der Waals surface area contributed by atoms with E-state index in [0.717, 1.165) is 53.5 Å². The van der Waals surface area contributed by atoms with Crippen LogP contribution in [-0.4, -0.2) is 57.8 Å². The molecule has 0 saturated carbocycles. The van der Waals surface area contributed by atoms with Gasteiger partial charge in [-0.05, 0) is 87.5 Å². The second kappa shape index (κ2) is 10.7. The van der Waals surface area contributed by atoms with Crippen molar-refractivity contribution >= 4 is 17.3 Å². The van der Waals surface area contributed by atoms with E-state index in [0.29, 0.717) is 6.54 Å². The maximum atomic E-state index is 12.7. The molecule has 1 saturated heterocycles. The number of hydrogen-bond donors (Lipinski definition) is 2. The van der Waals surface area contributed by atoms with Gasteiger partial charge in [0.1, 0.15) is 5.82 Å². The molecule has 8 heteroatoms. The van der Waals surface area contributed by atoms with Crippen LogP contribution in [0.5, 0.6) is 0 Å². The van der Waals surface area contributed by atoms with Crippen LogP contribution in [0.2, 0.25) is 0 Å². The summed E-state index contributed by atoms with van der Waals surface area (Å²) in [4.78, 5) is 19.8. The number of hydrazine groups is 2. The zero-order chi connectivity index (χ0) is 27.9. The molecule has 0 radical (unpaired) electrons. The molecule has 5 rings (SSSR count). The van der Waals surface area contributed by atoms with E-state index in [9.17, 15) is 9.90 Å². The number of nitrogens with zero attached hydrogens (tertiary/aromatic N) is 5. The number of hydrogen-bond acceptors (Lipinski definition) is 6. The third-order valence-electron chi connectivity index (χ3n) is 8.80. The number of nitrogens with one attached hydrogen (secondary N) is 1. The number of likely N-dealkylation sites (tertiary alicyclic amines) is 1. The summed E-state index contributed by atoms with van der Waals surface area (Å²) in [5, 5.41) is 14.4. The first kappa shape index (κ1) is 27.2. The Morgan fingerprint density at radius 1 is 1.08 bits per heavy atom. The quantitative estimate of drug-likeness (QED) is 0.404. The van der Waals surface area contributed by atoms with Gasteiger partial charge in [0, 0.05) is 39.0 Å². The highest BCUT2D eigenvalue weighted by molar-refractivity contribution is 5.80. The first-order chi connectivity index (χ1) is 18.6. The Labute approximate surface area is 232 Å². The minimum Gasteiger partial charge on any atom is -0.481 e. The number of aromatic nitrogens is 2. The molecule has 0 spiro atoms. The van der Waals surface area contributed by atoms with E-state index in [2.05, 4.69) is 75.3 Å². The van der Waals surface area contributed by atoms with Gasteiger partial charge >= 0.3 is 5.97 Å². The summed E-state index contributed by atoms with van der Waals surface area (Å²) >= 11 is 0. The van der Waals surface area contributed by atoms with Crippen molar-refractivity contribution in [1.29, 1.82) is 0 Å². The molecule has 3 aromatic rings. The summed E-state index contributed by atoms with van der Waals surface area (Å²) in [6.07, 6.45) is 7.79. The molecule has 1 fully saturated rings. The van der Waals surface area contributed by atoms with Gasteiger partial charge in [-0.15, -0.1) is 5.12 Å². The minimum absolute atomic E-state index is 0.326. The standard InChI is InChI=1S/C31H42N6O2/c1-21-10-11-23(18-24(21)19-37-17-14-32-27(37)20-36-15-8-7-9-16-36)28(31(3,4)30(38)39)25-12-13-26-29(22(25)2)33-35(6)34(26)5/h10-14,17-18,28,33H,7-9,15-16,19-20H2,1-6H3,(H,38,39). The van der Waals surface area contributed by atoms with Crippen LogP contribution < -0.4 is 10.4 Å². The third-order valence-corrected chi connectivity index (χ3v) is 8.80. The number of carbonyl (C=O) groups is 1. The Bertz CT molecular complexity index is 1360. The molecule has 1 atom stereocenters. The molecule has 39 heavy (non-hydrogen) atoms. The van der Waals surface area contributed by atoms with E-state index >= 15 is 0 Å². The predicted molar refractivity (Wildman–Crippen MR) is 156 cm³/mol. The second-order valence-electron chi connectivity index (χ2n) is 11.8. The fraction of sp³-hybridized carbons (Fsp3) is 0.484. The lowest BCUT2D eigenvalue weighted by Gasteiger charge is -2.33. The van der Waals surface area contributed by atoms with Gasteiger partial charge in [-0.25, -0.2) is 4.98 Å². The van der Waals surface area contributed by atoms with E-state index in [1.807, 2.05) is 39.3 Å². The summed E-state index contributed by atoms with van der Waals surface area (Å²) in [7, 11) is 3.98. The Kier molecular flexibility index (Phi) is 7.44. The van der Waals surface area contributed by atoms with Gasteiger partial charge in [0.25, 0.3) is 0 Å². The van der Waals surface area contributed by atoms with E-state index < -0.39 is 11.4 Å². The lowest BCUT2D eigenvalue weighted by molar-refractivity contribution is -0.147. The first-order valence-corrected chi connectivity index (χ1v) is 14.0. The van der Waals surface area contributed by atoms with E-state index in [1.54, 1.807) is 0 Å². The third kappa shape index (κ3) is 5.15. The number of carboxylic acid groups (broad SMARTS) is 1.